The predicted molar refractivity (Wildman–Crippen MR) is 162 cm³/mol. The molecule has 0 aliphatic carbocycles. The number of anilines is 2. The summed E-state index contributed by atoms with van der Waals surface area (Å²) in [5, 5.41) is 4.59. The van der Waals surface area contributed by atoms with Gasteiger partial charge in [0.1, 0.15) is 9.79 Å². The van der Waals surface area contributed by atoms with Crippen molar-refractivity contribution < 1.29 is 31.3 Å². The number of nitrogens with zero attached hydrogens (tertiary/aromatic N) is 4. The lowest BCUT2D eigenvalue weighted by atomic mass is 10.2. The highest BCUT2D eigenvalue weighted by molar-refractivity contribution is 7.92. The van der Waals surface area contributed by atoms with E-state index in [4.69, 9.17) is 10.6 Å². The van der Waals surface area contributed by atoms with Gasteiger partial charge in [-0.25, -0.2) is 51.1 Å². The van der Waals surface area contributed by atoms with Crippen LogP contribution in [0.15, 0.2) is 46.2 Å². The van der Waals surface area contributed by atoms with Crippen LogP contribution >= 0.6 is 0 Å². The van der Waals surface area contributed by atoms with Gasteiger partial charge in [-0.15, -0.1) is 0 Å². The zero-order valence-corrected chi connectivity index (χ0v) is 26.7. The molecule has 3 aromatic rings. The number of hydrogen-bond acceptors (Lipinski definition) is 11. The van der Waals surface area contributed by atoms with Gasteiger partial charge in [0.25, 0.3) is 20.0 Å². The minimum atomic E-state index is -4.54. The second-order valence-electron chi connectivity index (χ2n) is 9.14. The molecular weight excluding hydrogens is 614 g/mol. The highest BCUT2D eigenvalue weighted by Crippen LogP contribution is 2.20. The lowest BCUT2D eigenvalue weighted by molar-refractivity contribution is 0.0906. The van der Waals surface area contributed by atoms with Gasteiger partial charge in [-0.05, 0) is 57.4 Å². The number of unbranched alkanes of at least 4 members (excludes halogenated alkanes) is 1. The molecule has 240 valence electrons. The van der Waals surface area contributed by atoms with E-state index in [1.54, 1.807) is 24.6 Å². The van der Waals surface area contributed by atoms with Crippen molar-refractivity contribution in [2.45, 2.75) is 70.1 Å². The summed E-state index contributed by atoms with van der Waals surface area (Å²) in [5.41, 5.74) is 7.93. The first-order valence-corrected chi connectivity index (χ1v) is 16.5. The number of carbonyl (C=O) groups excluding carboxylic acids is 2. The van der Waals surface area contributed by atoms with Crippen molar-refractivity contribution in [2.75, 3.05) is 17.2 Å². The van der Waals surface area contributed by atoms with Crippen molar-refractivity contribution in [3.8, 4) is 0 Å². The molecule has 0 saturated carbocycles. The van der Waals surface area contributed by atoms with Crippen LogP contribution in [-0.2, 0) is 37.7 Å². The van der Waals surface area contributed by atoms with Crippen LogP contribution in [0.5, 0.6) is 0 Å². The molecule has 44 heavy (non-hydrogen) atoms. The molecule has 0 bridgehead atoms. The Labute approximate surface area is 256 Å². The summed E-state index contributed by atoms with van der Waals surface area (Å²) in [7, 11) is -8.85. The number of hydrogen-bond donors (Lipinski definition) is 5. The summed E-state index contributed by atoms with van der Waals surface area (Å²) in [6.45, 7) is 9.39. The molecule has 2 aromatic heterocycles. The number of amides is 4. The molecular formula is C26H37N9O7S2. The Bertz CT molecular complexity index is 1630. The van der Waals surface area contributed by atoms with E-state index in [1.165, 1.54) is 12.1 Å². The van der Waals surface area contributed by atoms with Gasteiger partial charge >= 0.3 is 12.1 Å². The van der Waals surface area contributed by atoms with E-state index < -0.39 is 41.9 Å². The van der Waals surface area contributed by atoms with Crippen LogP contribution in [0.4, 0.5) is 21.5 Å². The Morgan fingerprint density at radius 1 is 0.795 bits per heavy atom. The summed E-state index contributed by atoms with van der Waals surface area (Å²) in [4.78, 5) is 44.6. The summed E-state index contributed by atoms with van der Waals surface area (Å²) in [6.07, 6.45) is 3.02. The quantitative estimate of drug-likeness (QED) is 0.141. The number of aromatic nitrogens is 4. The maximum absolute atomic E-state index is 12.7. The van der Waals surface area contributed by atoms with E-state index in [1.807, 2.05) is 31.7 Å². The Morgan fingerprint density at radius 3 is 1.82 bits per heavy atom. The van der Waals surface area contributed by atoms with Crippen LogP contribution in [-0.4, -0.2) is 55.4 Å². The molecule has 2 heterocycles. The second kappa shape index (κ2) is 16.6. The molecule has 4 amide bonds. The fraction of sp³-hybridized carbons (Fsp3) is 0.385. The van der Waals surface area contributed by atoms with Crippen molar-refractivity contribution in [3.63, 3.8) is 0 Å². The van der Waals surface area contributed by atoms with Gasteiger partial charge in [-0.2, -0.15) is 0 Å². The van der Waals surface area contributed by atoms with E-state index in [0.29, 0.717) is 17.8 Å². The van der Waals surface area contributed by atoms with E-state index in [-0.39, 0.29) is 18.5 Å². The predicted octanol–water partition coefficient (Wildman–Crippen LogP) is 2.71. The number of nitrogens with two attached hydrogens (primary N) is 1. The average Bonchev–Trinajstić information content (AvgIpc) is 2.94. The largest absolute Gasteiger partial charge is 0.351 e. The number of aryl methyl sites for hydroxylation is 4. The topological polar surface area (TPSA) is 237 Å². The third kappa shape index (κ3) is 11.4. The number of rotatable bonds is 12. The molecule has 0 aliphatic heterocycles. The van der Waals surface area contributed by atoms with E-state index in [0.717, 1.165) is 42.8 Å². The van der Waals surface area contributed by atoms with Gasteiger partial charge in [0.2, 0.25) is 11.9 Å². The summed E-state index contributed by atoms with van der Waals surface area (Å²) < 4.78 is 52.0. The standard InChI is InChI=1S/C17H23N5O6S2.C9H14N4O/c1-4-5-10-28-22-30(26,27)15-9-7-6-8-14(15)29(24,25)21-17(23)20-16-18-12(2)11-13(3)19-16;1-3-6-5-7(4-2)12-9(11-6)13-8(10)14/h6-9,11,22H,4-5,10H2,1-3H3,(H2,18,19,20,21,23);5H,3-4H2,1-2H3,(H3,10,11,12,13,14). The van der Waals surface area contributed by atoms with Gasteiger partial charge in [-0.1, -0.05) is 44.2 Å². The SMILES string of the molecule is CCCCONS(=O)(=O)c1ccccc1S(=O)(=O)NC(=O)Nc1nc(C)cc(C)n1.CCc1cc(CC)nc(NC(N)=O)n1. The van der Waals surface area contributed by atoms with Gasteiger partial charge in [0.15, 0.2) is 0 Å². The number of urea groups is 2. The fourth-order valence-electron chi connectivity index (χ4n) is 3.44. The van der Waals surface area contributed by atoms with Gasteiger partial charge in [-0.3, -0.25) is 15.5 Å². The van der Waals surface area contributed by atoms with Crippen molar-refractivity contribution in [1.29, 1.82) is 0 Å². The first-order valence-electron chi connectivity index (χ1n) is 13.5. The molecule has 0 radical (unpaired) electrons. The molecule has 0 spiro atoms. The van der Waals surface area contributed by atoms with Crippen molar-refractivity contribution in [2.24, 2.45) is 5.73 Å². The Kier molecular flexibility index (Phi) is 13.5. The molecule has 0 fully saturated rings. The van der Waals surface area contributed by atoms with Crippen LogP contribution in [0.3, 0.4) is 0 Å². The number of primary amides is 1. The maximum Gasteiger partial charge on any atom is 0.335 e. The average molecular weight is 652 g/mol. The molecule has 1 aromatic carbocycles. The molecule has 0 aliphatic rings. The number of sulfonamides is 2. The first-order chi connectivity index (χ1) is 20.7. The van der Waals surface area contributed by atoms with E-state index in [9.17, 15) is 26.4 Å². The van der Waals surface area contributed by atoms with Gasteiger partial charge in [0, 0.05) is 22.8 Å². The molecule has 0 unspecified atom stereocenters. The maximum atomic E-state index is 12.7. The molecule has 3 rings (SSSR count). The molecule has 6 N–H and O–H groups in total. The summed E-state index contributed by atoms with van der Waals surface area (Å²) in [6, 6.07) is 6.65. The normalized spacial score (nSPS) is 11.2. The van der Waals surface area contributed by atoms with Crippen LogP contribution in [0.25, 0.3) is 0 Å². The highest BCUT2D eigenvalue weighted by atomic mass is 32.2. The smallest absolute Gasteiger partial charge is 0.335 e. The van der Waals surface area contributed by atoms with Crippen LogP contribution in [0.2, 0.25) is 0 Å². The zero-order valence-electron chi connectivity index (χ0n) is 25.0. The Morgan fingerprint density at radius 2 is 1.32 bits per heavy atom. The summed E-state index contributed by atoms with van der Waals surface area (Å²) >= 11 is 0. The lowest BCUT2D eigenvalue weighted by Gasteiger charge is -2.13. The fourth-order valence-corrected chi connectivity index (χ4v) is 6.02. The Balaban J connectivity index is 0.000000402. The third-order valence-electron chi connectivity index (χ3n) is 5.42. The number of carbonyl (C=O) groups is 2. The van der Waals surface area contributed by atoms with Crippen LogP contribution in [0, 0.1) is 13.8 Å². The molecule has 18 heteroatoms. The highest BCUT2D eigenvalue weighted by Gasteiger charge is 2.28. The zero-order chi connectivity index (χ0) is 32.9. The van der Waals surface area contributed by atoms with Crippen LogP contribution < -0.4 is 26.0 Å². The summed E-state index contributed by atoms with van der Waals surface area (Å²) in [5.74, 6) is 0.195. The lowest BCUT2D eigenvalue weighted by Crippen LogP contribution is -2.36. The molecule has 0 atom stereocenters. The first kappa shape index (κ1) is 35.9. The molecule has 0 saturated heterocycles. The van der Waals surface area contributed by atoms with E-state index in [2.05, 4.69) is 30.6 Å². The molecule has 16 nitrogen and oxygen atoms in total. The minimum absolute atomic E-state index is 0.0907. The van der Waals surface area contributed by atoms with Gasteiger partial charge < -0.3 is 5.73 Å². The second-order valence-corrected chi connectivity index (χ2v) is 12.4. The van der Waals surface area contributed by atoms with Crippen molar-refractivity contribution >= 4 is 44.0 Å². The number of nitrogens with one attached hydrogen (secondary N) is 4. The van der Waals surface area contributed by atoms with Gasteiger partial charge in [0.05, 0.1) is 6.61 Å². The van der Waals surface area contributed by atoms with Crippen molar-refractivity contribution in [1.82, 2.24) is 29.5 Å². The Hall–Kier alpha value is -4.26. The number of benzene rings is 1. The minimum Gasteiger partial charge on any atom is -0.351 e. The third-order valence-corrected chi connectivity index (χ3v) is 8.21. The van der Waals surface area contributed by atoms with E-state index >= 15 is 0 Å². The van der Waals surface area contributed by atoms with Crippen LogP contribution in [0.1, 0.15) is 56.4 Å². The monoisotopic (exact) mass is 651 g/mol. The van der Waals surface area contributed by atoms with Crippen molar-refractivity contribution in [3.05, 3.63) is 59.2 Å².